The van der Waals surface area contributed by atoms with E-state index in [4.69, 9.17) is 0 Å². The highest BCUT2D eigenvalue weighted by Crippen LogP contribution is 2.22. The summed E-state index contributed by atoms with van der Waals surface area (Å²) in [6.07, 6.45) is 7.45. The first-order chi connectivity index (χ1) is 11.8. The Morgan fingerprint density at radius 1 is 1.29 bits per heavy atom. The molecule has 3 rings (SSSR count). The van der Waals surface area contributed by atoms with Gasteiger partial charge in [-0.05, 0) is 37.3 Å². The first kappa shape index (κ1) is 17.0. The summed E-state index contributed by atoms with van der Waals surface area (Å²) in [6, 6.07) is 5.51. The smallest absolute Gasteiger partial charge is 0.187 e. The summed E-state index contributed by atoms with van der Waals surface area (Å²) in [5.74, 6) is 1.17. The van der Waals surface area contributed by atoms with E-state index in [1.165, 1.54) is 0 Å². The van der Waals surface area contributed by atoms with Gasteiger partial charge in [0.25, 0.3) is 0 Å². The van der Waals surface area contributed by atoms with Crippen LogP contribution >= 0.6 is 11.8 Å². The van der Waals surface area contributed by atoms with Gasteiger partial charge in [0.1, 0.15) is 5.69 Å². The molecule has 5 nitrogen and oxygen atoms in total. The Hall–Kier alpha value is -1.79. The summed E-state index contributed by atoms with van der Waals surface area (Å²) in [7, 11) is 0. The number of nitrogens with zero attached hydrogens (tertiary/aromatic N) is 4. The predicted molar refractivity (Wildman–Crippen MR) is 95.0 cm³/mol. The van der Waals surface area contributed by atoms with Gasteiger partial charge in [0, 0.05) is 43.2 Å². The number of hydrogen-bond donors (Lipinski definition) is 0. The molecule has 0 unspecified atom stereocenters. The Kier molecular flexibility index (Phi) is 5.93. The van der Waals surface area contributed by atoms with Crippen molar-refractivity contribution in [1.29, 1.82) is 0 Å². The minimum absolute atomic E-state index is 0.0319. The molecular formula is C18H22N4OS. The number of thioether (sulfide) groups is 1. The highest BCUT2D eigenvalue weighted by Gasteiger charge is 2.27. The van der Waals surface area contributed by atoms with Crippen LogP contribution in [0.4, 0.5) is 0 Å². The number of piperidine rings is 1. The van der Waals surface area contributed by atoms with Crippen LogP contribution < -0.4 is 0 Å². The van der Waals surface area contributed by atoms with Gasteiger partial charge in [0.15, 0.2) is 10.9 Å². The third kappa shape index (κ3) is 4.39. The van der Waals surface area contributed by atoms with Crippen molar-refractivity contribution in [3.8, 4) is 0 Å². The van der Waals surface area contributed by atoms with Crippen LogP contribution in [-0.4, -0.2) is 44.5 Å². The SMILES string of the molecule is CCSc1ncc(CN2CCC[C@H](C(=O)c3ccccn3)C2)cn1. The van der Waals surface area contributed by atoms with Gasteiger partial charge >= 0.3 is 0 Å². The standard InChI is InChI=1S/C18H22N4OS/c1-2-24-18-20-10-14(11-21-18)12-22-9-5-6-15(13-22)17(23)16-7-3-4-8-19-16/h3-4,7-8,10-11,15H,2,5-6,9,12-13H2,1H3/t15-/m0/s1. The van der Waals surface area contributed by atoms with E-state index in [0.29, 0.717) is 5.69 Å². The van der Waals surface area contributed by atoms with Crippen molar-refractivity contribution < 1.29 is 4.79 Å². The Balaban J connectivity index is 1.60. The number of likely N-dealkylation sites (tertiary alicyclic amines) is 1. The normalized spacial score (nSPS) is 18.5. The molecular weight excluding hydrogens is 320 g/mol. The molecule has 1 fully saturated rings. The van der Waals surface area contributed by atoms with E-state index in [1.807, 2.05) is 24.5 Å². The van der Waals surface area contributed by atoms with E-state index in [0.717, 1.165) is 48.9 Å². The number of Topliss-reactive ketones (excluding diaryl/α,β-unsaturated/α-hetero) is 1. The van der Waals surface area contributed by atoms with Crippen LogP contribution in [0.1, 0.15) is 35.8 Å². The zero-order valence-electron chi connectivity index (χ0n) is 13.9. The molecule has 0 aliphatic carbocycles. The van der Waals surface area contributed by atoms with Crippen LogP contribution in [-0.2, 0) is 6.54 Å². The predicted octanol–water partition coefficient (Wildman–Crippen LogP) is 3.08. The zero-order valence-corrected chi connectivity index (χ0v) is 14.7. The molecule has 0 aromatic carbocycles. The quantitative estimate of drug-likeness (QED) is 0.457. The van der Waals surface area contributed by atoms with Crippen LogP contribution in [0, 0.1) is 5.92 Å². The van der Waals surface area contributed by atoms with E-state index >= 15 is 0 Å². The summed E-state index contributed by atoms with van der Waals surface area (Å²) in [5.41, 5.74) is 1.68. The van der Waals surface area contributed by atoms with Gasteiger partial charge in [0.2, 0.25) is 0 Å². The lowest BCUT2D eigenvalue weighted by Crippen LogP contribution is -2.38. The molecule has 1 saturated heterocycles. The molecule has 24 heavy (non-hydrogen) atoms. The molecule has 1 aliphatic rings. The maximum absolute atomic E-state index is 12.6. The molecule has 0 spiro atoms. The van der Waals surface area contributed by atoms with Crippen molar-refractivity contribution in [3.05, 3.63) is 48.0 Å². The molecule has 0 saturated carbocycles. The number of pyridine rings is 1. The van der Waals surface area contributed by atoms with Gasteiger partial charge in [-0.2, -0.15) is 0 Å². The average molecular weight is 342 g/mol. The van der Waals surface area contributed by atoms with Gasteiger partial charge in [-0.1, -0.05) is 24.8 Å². The molecule has 2 aromatic heterocycles. The summed E-state index contributed by atoms with van der Waals surface area (Å²) < 4.78 is 0. The highest BCUT2D eigenvalue weighted by atomic mass is 32.2. The summed E-state index contributed by atoms with van der Waals surface area (Å²) in [4.78, 5) is 27.9. The lowest BCUT2D eigenvalue weighted by atomic mass is 9.92. The number of rotatable bonds is 6. The molecule has 0 N–H and O–H groups in total. The lowest BCUT2D eigenvalue weighted by Gasteiger charge is -2.31. The van der Waals surface area contributed by atoms with Crippen LogP contribution in [0.15, 0.2) is 41.9 Å². The number of hydrogen-bond acceptors (Lipinski definition) is 6. The maximum atomic E-state index is 12.6. The molecule has 3 heterocycles. The summed E-state index contributed by atoms with van der Waals surface area (Å²) in [5, 5.41) is 0.822. The van der Waals surface area contributed by atoms with Gasteiger partial charge < -0.3 is 0 Å². The Morgan fingerprint density at radius 2 is 2.12 bits per heavy atom. The number of aromatic nitrogens is 3. The van der Waals surface area contributed by atoms with Crippen LogP contribution in [0.5, 0.6) is 0 Å². The van der Waals surface area contributed by atoms with Crippen molar-refractivity contribution in [2.75, 3.05) is 18.8 Å². The minimum Gasteiger partial charge on any atom is -0.298 e. The topological polar surface area (TPSA) is 59.0 Å². The van der Waals surface area contributed by atoms with Gasteiger partial charge in [0.05, 0.1) is 0 Å². The minimum atomic E-state index is 0.0319. The van der Waals surface area contributed by atoms with E-state index < -0.39 is 0 Å². The molecule has 6 heteroatoms. The molecule has 1 atom stereocenters. The van der Waals surface area contributed by atoms with Crippen LogP contribution in [0.3, 0.4) is 0 Å². The fourth-order valence-corrected chi connectivity index (χ4v) is 3.53. The van der Waals surface area contributed by atoms with Crippen molar-refractivity contribution >= 4 is 17.5 Å². The molecule has 126 valence electrons. The molecule has 2 aromatic rings. The third-order valence-electron chi connectivity index (χ3n) is 4.15. The zero-order chi connectivity index (χ0) is 16.8. The Bertz CT molecular complexity index is 662. The maximum Gasteiger partial charge on any atom is 0.187 e. The second-order valence-corrected chi connectivity index (χ2v) is 7.19. The second-order valence-electron chi connectivity index (χ2n) is 5.96. The van der Waals surface area contributed by atoms with Gasteiger partial charge in [-0.25, -0.2) is 9.97 Å². The van der Waals surface area contributed by atoms with Gasteiger partial charge in [-0.3, -0.25) is 14.7 Å². The highest BCUT2D eigenvalue weighted by molar-refractivity contribution is 7.99. The van der Waals surface area contributed by atoms with E-state index in [2.05, 4.69) is 26.8 Å². The van der Waals surface area contributed by atoms with E-state index in [-0.39, 0.29) is 11.7 Å². The number of carbonyl (C=O) groups excluding carboxylic acids is 1. The second kappa shape index (κ2) is 8.35. The Morgan fingerprint density at radius 3 is 2.83 bits per heavy atom. The summed E-state index contributed by atoms with van der Waals surface area (Å²) >= 11 is 1.64. The first-order valence-electron chi connectivity index (χ1n) is 8.37. The largest absolute Gasteiger partial charge is 0.298 e. The van der Waals surface area contributed by atoms with E-state index in [9.17, 15) is 4.79 Å². The lowest BCUT2D eigenvalue weighted by molar-refractivity contribution is 0.0806. The van der Waals surface area contributed by atoms with Crippen LogP contribution in [0.2, 0.25) is 0 Å². The van der Waals surface area contributed by atoms with Crippen molar-refractivity contribution in [2.24, 2.45) is 5.92 Å². The Labute approximate surface area is 146 Å². The monoisotopic (exact) mass is 342 g/mol. The molecule has 0 radical (unpaired) electrons. The number of ketones is 1. The summed E-state index contributed by atoms with van der Waals surface area (Å²) in [6.45, 7) is 4.68. The van der Waals surface area contributed by atoms with E-state index in [1.54, 1.807) is 24.0 Å². The molecule has 1 aliphatic heterocycles. The molecule has 0 amide bonds. The van der Waals surface area contributed by atoms with Crippen molar-refractivity contribution in [1.82, 2.24) is 19.9 Å². The third-order valence-corrected chi connectivity index (χ3v) is 4.91. The fourth-order valence-electron chi connectivity index (χ4n) is 3.02. The van der Waals surface area contributed by atoms with Crippen LogP contribution in [0.25, 0.3) is 0 Å². The van der Waals surface area contributed by atoms with Gasteiger partial charge in [-0.15, -0.1) is 0 Å². The molecule has 0 bridgehead atoms. The first-order valence-corrected chi connectivity index (χ1v) is 9.36. The average Bonchev–Trinajstić information content (AvgIpc) is 2.64. The van der Waals surface area contributed by atoms with Crippen molar-refractivity contribution in [3.63, 3.8) is 0 Å². The van der Waals surface area contributed by atoms with Crippen molar-refractivity contribution in [2.45, 2.75) is 31.5 Å². The fraction of sp³-hybridized carbons (Fsp3) is 0.444. The number of carbonyl (C=O) groups is 1.